The van der Waals surface area contributed by atoms with Crippen LogP contribution in [0.5, 0.6) is 0 Å². The van der Waals surface area contributed by atoms with Crippen molar-refractivity contribution in [2.75, 3.05) is 0 Å². The Labute approximate surface area is 101 Å². The van der Waals surface area contributed by atoms with Gasteiger partial charge in [-0.1, -0.05) is 12.1 Å². The fourth-order valence-corrected chi connectivity index (χ4v) is 1.39. The number of hydrogen-bond acceptors (Lipinski definition) is 3. The van der Waals surface area contributed by atoms with Gasteiger partial charge in [-0.2, -0.15) is 0 Å². The maximum atomic E-state index is 12.7. The molecule has 0 radical (unpaired) electrons. The first-order valence-electron chi connectivity index (χ1n) is 5.51. The summed E-state index contributed by atoms with van der Waals surface area (Å²) in [4.78, 5) is 11.5. The summed E-state index contributed by atoms with van der Waals surface area (Å²) in [5.74, 6) is -0.674. The van der Waals surface area contributed by atoms with Crippen molar-refractivity contribution in [1.29, 1.82) is 0 Å². The van der Waals surface area contributed by atoms with Crippen LogP contribution >= 0.6 is 0 Å². The van der Waals surface area contributed by atoms with Crippen LogP contribution in [-0.4, -0.2) is 11.6 Å². The van der Waals surface area contributed by atoms with Crippen molar-refractivity contribution < 1.29 is 13.9 Å². The van der Waals surface area contributed by atoms with Gasteiger partial charge in [0.15, 0.2) is 0 Å². The zero-order valence-corrected chi connectivity index (χ0v) is 10.4. The number of esters is 1. The molecule has 0 saturated heterocycles. The molecule has 0 fully saturated rings. The van der Waals surface area contributed by atoms with Crippen LogP contribution in [0.2, 0.25) is 0 Å². The molecular weight excluding hydrogens is 221 g/mol. The highest BCUT2D eigenvalue weighted by molar-refractivity contribution is 5.70. The van der Waals surface area contributed by atoms with E-state index in [1.165, 1.54) is 12.1 Å². The Kier molecular flexibility index (Phi) is 4.23. The standard InChI is InChI=1S/C13H18FNO2/c1-13(2,3)17-12(16)8-11(15)9-4-6-10(14)7-5-9/h4-7,11H,8,15H2,1-3H3/t11-/m0/s1. The summed E-state index contributed by atoms with van der Waals surface area (Å²) in [6, 6.07) is 5.33. The number of carbonyl (C=O) groups excluding carboxylic acids is 1. The van der Waals surface area contributed by atoms with E-state index in [1.54, 1.807) is 32.9 Å². The highest BCUT2D eigenvalue weighted by Gasteiger charge is 2.19. The Balaban J connectivity index is 2.57. The van der Waals surface area contributed by atoms with Crippen LogP contribution in [0.4, 0.5) is 4.39 Å². The molecule has 94 valence electrons. The zero-order chi connectivity index (χ0) is 13.1. The maximum Gasteiger partial charge on any atom is 0.308 e. The van der Waals surface area contributed by atoms with E-state index in [0.717, 1.165) is 5.56 Å². The summed E-state index contributed by atoms with van der Waals surface area (Å²) in [6.45, 7) is 5.40. The molecule has 1 aromatic rings. The van der Waals surface area contributed by atoms with Crippen LogP contribution in [0, 0.1) is 5.82 Å². The minimum atomic E-state index is -0.514. The van der Waals surface area contributed by atoms with Crippen molar-refractivity contribution in [3.05, 3.63) is 35.6 Å². The molecule has 3 nitrogen and oxygen atoms in total. The molecule has 17 heavy (non-hydrogen) atoms. The van der Waals surface area contributed by atoms with E-state index < -0.39 is 11.6 Å². The second-order valence-electron chi connectivity index (χ2n) is 4.95. The number of benzene rings is 1. The zero-order valence-electron chi connectivity index (χ0n) is 10.4. The van der Waals surface area contributed by atoms with Gasteiger partial charge in [-0.05, 0) is 38.5 Å². The van der Waals surface area contributed by atoms with Crippen LogP contribution in [0.1, 0.15) is 38.8 Å². The smallest absolute Gasteiger partial charge is 0.308 e. The predicted molar refractivity (Wildman–Crippen MR) is 63.8 cm³/mol. The third kappa shape index (κ3) is 4.95. The summed E-state index contributed by atoms with van der Waals surface area (Å²) < 4.78 is 17.9. The highest BCUT2D eigenvalue weighted by atomic mass is 19.1. The van der Waals surface area contributed by atoms with Crippen LogP contribution < -0.4 is 5.73 Å². The van der Waals surface area contributed by atoms with Crippen LogP contribution in [0.3, 0.4) is 0 Å². The average Bonchev–Trinajstić information content (AvgIpc) is 2.15. The van der Waals surface area contributed by atoms with E-state index in [0.29, 0.717) is 0 Å². The molecule has 0 aromatic heterocycles. The number of hydrogen-bond donors (Lipinski definition) is 1. The van der Waals surface area contributed by atoms with E-state index in [9.17, 15) is 9.18 Å². The summed E-state index contributed by atoms with van der Waals surface area (Å²) in [5.41, 5.74) is 6.05. The predicted octanol–water partition coefficient (Wildman–Crippen LogP) is 2.56. The fraction of sp³-hybridized carbons (Fsp3) is 0.462. The van der Waals surface area contributed by atoms with Gasteiger partial charge in [0.05, 0.1) is 6.42 Å². The lowest BCUT2D eigenvalue weighted by molar-refractivity contribution is -0.155. The van der Waals surface area contributed by atoms with Crippen molar-refractivity contribution in [2.45, 2.75) is 38.8 Å². The molecule has 0 amide bonds. The van der Waals surface area contributed by atoms with Gasteiger partial charge in [-0.3, -0.25) is 4.79 Å². The largest absolute Gasteiger partial charge is 0.460 e. The lowest BCUT2D eigenvalue weighted by Gasteiger charge is -2.21. The van der Waals surface area contributed by atoms with Gasteiger partial charge < -0.3 is 10.5 Å². The number of ether oxygens (including phenoxy) is 1. The topological polar surface area (TPSA) is 52.3 Å². The Bertz CT molecular complexity index is 381. The van der Waals surface area contributed by atoms with Gasteiger partial charge in [0.2, 0.25) is 0 Å². The molecule has 1 aromatic carbocycles. The molecule has 0 unspecified atom stereocenters. The first-order valence-corrected chi connectivity index (χ1v) is 5.51. The molecule has 0 heterocycles. The molecule has 0 aliphatic carbocycles. The van der Waals surface area contributed by atoms with E-state index in [1.807, 2.05) is 0 Å². The van der Waals surface area contributed by atoms with Crippen molar-refractivity contribution in [1.82, 2.24) is 0 Å². The van der Waals surface area contributed by atoms with Crippen LogP contribution in [0.25, 0.3) is 0 Å². The molecule has 4 heteroatoms. The van der Waals surface area contributed by atoms with E-state index >= 15 is 0 Å². The Morgan fingerprint density at radius 3 is 2.35 bits per heavy atom. The van der Waals surface area contributed by atoms with Gasteiger partial charge in [0.1, 0.15) is 11.4 Å². The normalized spacial score (nSPS) is 13.2. The Morgan fingerprint density at radius 2 is 1.88 bits per heavy atom. The Morgan fingerprint density at radius 1 is 1.35 bits per heavy atom. The molecule has 2 N–H and O–H groups in total. The molecule has 1 atom stereocenters. The molecule has 1 rings (SSSR count). The van der Waals surface area contributed by atoms with Crippen molar-refractivity contribution in [2.24, 2.45) is 5.73 Å². The van der Waals surface area contributed by atoms with Gasteiger partial charge in [0.25, 0.3) is 0 Å². The maximum absolute atomic E-state index is 12.7. The average molecular weight is 239 g/mol. The molecule has 0 spiro atoms. The van der Waals surface area contributed by atoms with E-state index in [4.69, 9.17) is 10.5 Å². The molecule has 0 bridgehead atoms. The minimum Gasteiger partial charge on any atom is -0.460 e. The van der Waals surface area contributed by atoms with E-state index in [-0.39, 0.29) is 18.2 Å². The fourth-order valence-electron chi connectivity index (χ4n) is 1.39. The van der Waals surface area contributed by atoms with E-state index in [2.05, 4.69) is 0 Å². The minimum absolute atomic E-state index is 0.0862. The summed E-state index contributed by atoms with van der Waals surface area (Å²) in [5, 5.41) is 0. The lowest BCUT2D eigenvalue weighted by Crippen LogP contribution is -2.26. The number of carbonyl (C=O) groups is 1. The molecule has 0 aliphatic heterocycles. The molecular formula is C13H18FNO2. The molecule has 0 aliphatic rings. The highest BCUT2D eigenvalue weighted by Crippen LogP contribution is 2.17. The molecule has 0 saturated carbocycles. The number of nitrogens with two attached hydrogens (primary N) is 1. The van der Waals surface area contributed by atoms with Crippen LogP contribution in [-0.2, 0) is 9.53 Å². The van der Waals surface area contributed by atoms with Gasteiger partial charge >= 0.3 is 5.97 Å². The second kappa shape index (κ2) is 5.27. The van der Waals surface area contributed by atoms with Crippen molar-refractivity contribution >= 4 is 5.97 Å². The monoisotopic (exact) mass is 239 g/mol. The van der Waals surface area contributed by atoms with Gasteiger partial charge in [-0.25, -0.2) is 4.39 Å². The second-order valence-corrected chi connectivity index (χ2v) is 4.95. The quantitative estimate of drug-likeness (QED) is 0.825. The number of rotatable bonds is 3. The lowest BCUT2D eigenvalue weighted by atomic mass is 10.0. The van der Waals surface area contributed by atoms with Gasteiger partial charge in [-0.15, -0.1) is 0 Å². The van der Waals surface area contributed by atoms with Crippen LogP contribution in [0.15, 0.2) is 24.3 Å². The van der Waals surface area contributed by atoms with Crippen molar-refractivity contribution in [3.63, 3.8) is 0 Å². The first-order chi connectivity index (χ1) is 7.78. The summed E-state index contributed by atoms with van der Waals surface area (Å²) >= 11 is 0. The van der Waals surface area contributed by atoms with Gasteiger partial charge in [0, 0.05) is 6.04 Å². The van der Waals surface area contributed by atoms with Crippen molar-refractivity contribution in [3.8, 4) is 0 Å². The summed E-state index contributed by atoms with van der Waals surface area (Å²) in [7, 11) is 0. The Hall–Kier alpha value is -1.42. The SMILES string of the molecule is CC(C)(C)OC(=O)C[C@H](N)c1ccc(F)cc1. The first kappa shape index (κ1) is 13.6. The third-order valence-electron chi connectivity index (χ3n) is 2.10. The summed E-state index contributed by atoms with van der Waals surface area (Å²) in [6.07, 6.45) is 0.0862. The number of halogens is 1. The third-order valence-corrected chi connectivity index (χ3v) is 2.10.